The molecule has 1 amide bonds. The highest BCUT2D eigenvalue weighted by Crippen LogP contribution is 2.14. The molecule has 110 valence electrons. The minimum atomic E-state index is -0.334. The van der Waals surface area contributed by atoms with E-state index in [-0.39, 0.29) is 11.5 Å². The van der Waals surface area contributed by atoms with Crippen molar-refractivity contribution in [2.75, 3.05) is 21.3 Å². The van der Waals surface area contributed by atoms with E-state index in [4.69, 9.17) is 9.57 Å². The van der Waals surface area contributed by atoms with Gasteiger partial charge >= 0.3 is 0 Å². The lowest BCUT2D eigenvalue weighted by Gasteiger charge is -2.14. The van der Waals surface area contributed by atoms with Gasteiger partial charge in [-0.3, -0.25) is 19.0 Å². The van der Waals surface area contributed by atoms with Gasteiger partial charge in [-0.05, 0) is 30.3 Å². The topological polar surface area (TPSA) is 60.8 Å². The van der Waals surface area contributed by atoms with Crippen molar-refractivity contribution in [1.29, 1.82) is 0 Å². The maximum atomic E-state index is 12.0. The molecule has 2 aromatic rings. The maximum absolute atomic E-state index is 12.0. The number of methoxy groups -OCH3 is 1. The molecule has 0 bridgehead atoms. The molecule has 6 nitrogen and oxygen atoms in total. The van der Waals surface area contributed by atoms with Crippen molar-refractivity contribution in [2.45, 2.75) is 0 Å². The van der Waals surface area contributed by atoms with Gasteiger partial charge in [0.25, 0.3) is 11.5 Å². The normalized spacial score (nSPS) is 10.2. The van der Waals surface area contributed by atoms with Gasteiger partial charge in [0.15, 0.2) is 0 Å². The number of ether oxygens (including phenoxy) is 1. The zero-order valence-electron chi connectivity index (χ0n) is 12.1. The van der Waals surface area contributed by atoms with Gasteiger partial charge in [0.2, 0.25) is 0 Å². The van der Waals surface area contributed by atoms with E-state index in [1.165, 1.54) is 37.1 Å². The second-order valence-corrected chi connectivity index (χ2v) is 4.31. The molecule has 0 spiro atoms. The van der Waals surface area contributed by atoms with E-state index in [0.29, 0.717) is 17.0 Å². The first-order valence-corrected chi connectivity index (χ1v) is 6.26. The zero-order chi connectivity index (χ0) is 15.4. The number of benzene rings is 1. The number of pyridine rings is 1. The minimum absolute atomic E-state index is 0.225. The number of hydroxylamine groups is 2. The number of carbonyl (C=O) groups is 1. The summed E-state index contributed by atoms with van der Waals surface area (Å²) in [5.41, 5.74) is 0.780. The van der Waals surface area contributed by atoms with Crippen molar-refractivity contribution in [2.24, 2.45) is 0 Å². The summed E-state index contributed by atoms with van der Waals surface area (Å²) in [5.74, 6) is 0.359. The fourth-order valence-electron chi connectivity index (χ4n) is 1.82. The standard InChI is InChI=1S/C15H16N2O4/c1-16(21-3)15(19)11-4-9-14(18)17(10-11)12-5-7-13(20-2)8-6-12/h4-10H,1-3H3. The summed E-state index contributed by atoms with van der Waals surface area (Å²) >= 11 is 0. The highest BCUT2D eigenvalue weighted by Gasteiger charge is 2.13. The number of amides is 1. The van der Waals surface area contributed by atoms with Gasteiger partial charge in [0.1, 0.15) is 5.75 Å². The highest BCUT2D eigenvalue weighted by atomic mass is 16.7. The van der Waals surface area contributed by atoms with E-state index < -0.39 is 0 Å². The summed E-state index contributed by atoms with van der Waals surface area (Å²) in [7, 11) is 4.48. The van der Waals surface area contributed by atoms with Crippen molar-refractivity contribution in [3.8, 4) is 11.4 Å². The summed E-state index contributed by atoms with van der Waals surface area (Å²) in [6.45, 7) is 0. The van der Waals surface area contributed by atoms with Crippen LogP contribution in [0.1, 0.15) is 10.4 Å². The zero-order valence-corrected chi connectivity index (χ0v) is 12.1. The van der Waals surface area contributed by atoms with Crippen LogP contribution in [0.5, 0.6) is 5.75 Å². The van der Waals surface area contributed by atoms with Crippen LogP contribution >= 0.6 is 0 Å². The molecule has 0 N–H and O–H groups in total. The summed E-state index contributed by atoms with van der Waals surface area (Å²) in [6, 6.07) is 9.80. The predicted octanol–water partition coefficient (Wildman–Crippen LogP) is 1.48. The van der Waals surface area contributed by atoms with Crippen LogP contribution in [0, 0.1) is 0 Å². The molecule has 0 saturated carbocycles. The van der Waals surface area contributed by atoms with Crippen molar-refractivity contribution < 1.29 is 14.4 Å². The number of rotatable bonds is 4. The molecule has 0 fully saturated rings. The highest BCUT2D eigenvalue weighted by molar-refractivity contribution is 5.93. The van der Waals surface area contributed by atoms with Crippen LogP contribution in [-0.2, 0) is 4.84 Å². The van der Waals surface area contributed by atoms with Gasteiger partial charge in [-0.1, -0.05) is 0 Å². The molecule has 1 aromatic heterocycles. The fourth-order valence-corrected chi connectivity index (χ4v) is 1.82. The average Bonchev–Trinajstić information content (AvgIpc) is 2.54. The van der Waals surface area contributed by atoms with Gasteiger partial charge in [0.05, 0.1) is 19.8 Å². The third kappa shape index (κ3) is 3.11. The SMILES string of the molecule is COc1ccc(-n2cc(C(=O)N(C)OC)ccc2=O)cc1. The quantitative estimate of drug-likeness (QED) is 0.800. The van der Waals surface area contributed by atoms with Gasteiger partial charge in [0, 0.05) is 25.0 Å². The van der Waals surface area contributed by atoms with E-state index in [1.54, 1.807) is 31.4 Å². The summed E-state index contributed by atoms with van der Waals surface area (Å²) in [5, 5.41) is 1.10. The molecule has 2 rings (SSSR count). The van der Waals surface area contributed by atoms with Gasteiger partial charge in [-0.25, -0.2) is 5.06 Å². The van der Waals surface area contributed by atoms with Crippen LogP contribution in [0.4, 0.5) is 0 Å². The second kappa shape index (κ2) is 6.23. The van der Waals surface area contributed by atoms with E-state index in [2.05, 4.69) is 0 Å². The third-order valence-corrected chi connectivity index (χ3v) is 3.07. The number of carbonyl (C=O) groups excluding carboxylic acids is 1. The summed E-state index contributed by atoms with van der Waals surface area (Å²) in [4.78, 5) is 28.9. The van der Waals surface area contributed by atoms with E-state index in [0.717, 1.165) is 5.06 Å². The van der Waals surface area contributed by atoms with Crippen molar-refractivity contribution in [3.05, 3.63) is 58.5 Å². The first kappa shape index (κ1) is 14.8. The Balaban J connectivity index is 2.43. The Kier molecular flexibility index (Phi) is 4.39. The molecule has 0 aliphatic rings. The summed E-state index contributed by atoms with van der Waals surface area (Å²) < 4.78 is 6.48. The molecule has 0 saturated heterocycles. The molecular formula is C15H16N2O4. The summed E-state index contributed by atoms with van der Waals surface area (Å²) in [6.07, 6.45) is 1.49. The number of hydrogen-bond acceptors (Lipinski definition) is 4. The van der Waals surface area contributed by atoms with Crippen LogP contribution in [-0.4, -0.2) is 36.8 Å². The van der Waals surface area contributed by atoms with Gasteiger partial charge in [-0.2, -0.15) is 0 Å². The van der Waals surface area contributed by atoms with E-state index in [1.807, 2.05) is 0 Å². The number of nitrogens with zero attached hydrogens (tertiary/aromatic N) is 2. The molecule has 0 radical (unpaired) electrons. The minimum Gasteiger partial charge on any atom is -0.497 e. The van der Waals surface area contributed by atoms with Crippen LogP contribution in [0.3, 0.4) is 0 Å². The third-order valence-electron chi connectivity index (χ3n) is 3.07. The Bertz CT molecular complexity index is 692. The van der Waals surface area contributed by atoms with Crippen LogP contribution in [0.2, 0.25) is 0 Å². The van der Waals surface area contributed by atoms with Crippen molar-refractivity contribution in [1.82, 2.24) is 9.63 Å². The van der Waals surface area contributed by atoms with E-state index in [9.17, 15) is 9.59 Å². The monoisotopic (exact) mass is 288 g/mol. The van der Waals surface area contributed by atoms with Gasteiger partial charge < -0.3 is 4.74 Å². The van der Waals surface area contributed by atoms with Crippen LogP contribution in [0.15, 0.2) is 47.4 Å². The molecule has 0 aliphatic heterocycles. The van der Waals surface area contributed by atoms with Crippen LogP contribution in [0.25, 0.3) is 5.69 Å². The second-order valence-electron chi connectivity index (χ2n) is 4.31. The molecule has 0 unspecified atom stereocenters. The predicted molar refractivity (Wildman–Crippen MR) is 77.7 cm³/mol. The molecular weight excluding hydrogens is 272 g/mol. The fraction of sp³-hybridized carbons (Fsp3) is 0.200. The van der Waals surface area contributed by atoms with Gasteiger partial charge in [-0.15, -0.1) is 0 Å². The maximum Gasteiger partial charge on any atom is 0.278 e. The Morgan fingerprint density at radius 2 is 1.76 bits per heavy atom. The van der Waals surface area contributed by atoms with Crippen molar-refractivity contribution >= 4 is 5.91 Å². The molecule has 21 heavy (non-hydrogen) atoms. The van der Waals surface area contributed by atoms with Crippen LogP contribution < -0.4 is 10.3 Å². The smallest absolute Gasteiger partial charge is 0.278 e. The first-order chi connectivity index (χ1) is 10.1. The van der Waals surface area contributed by atoms with Crippen molar-refractivity contribution in [3.63, 3.8) is 0 Å². The first-order valence-electron chi connectivity index (χ1n) is 6.26. The lowest BCUT2D eigenvalue weighted by molar-refractivity contribution is -0.0757. The average molecular weight is 288 g/mol. The Hall–Kier alpha value is -2.60. The largest absolute Gasteiger partial charge is 0.497 e. The lowest BCUT2D eigenvalue weighted by atomic mass is 10.2. The Morgan fingerprint density at radius 1 is 1.10 bits per heavy atom. The molecule has 6 heteroatoms. The van der Waals surface area contributed by atoms with E-state index >= 15 is 0 Å². The lowest BCUT2D eigenvalue weighted by Crippen LogP contribution is -2.27. The molecule has 1 heterocycles. The molecule has 0 atom stereocenters. The number of aromatic nitrogens is 1. The molecule has 0 aliphatic carbocycles. The Labute approximate surface area is 122 Å². The molecule has 1 aromatic carbocycles. The Morgan fingerprint density at radius 3 is 2.33 bits per heavy atom. The number of hydrogen-bond donors (Lipinski definition) is 0.